The lowest BCUT2D eigenvalue weighted by Crippen LogP contribution is -2.51. The smallest absolute Gasteiger partial charge is 0.273 e. The van der Waals surface area contributed by atoms with Crippen molar-refractivity contribution in [1.29, 1.82) is 0 Å². The van der Waals surface area contributed by atoms with Gasteiger partial charge in [0.15, 0.2) is 0 Å². The first-order valence-electron chi connectivity index (χ1n) is 7.98. The molecule has 1 atom stereocenters. The van der Waals surface area contributed by atoms with Crippen molar-refractivity contribution in [3.05, 3.63) is 46.7 Å². The van der Waals surface area contributed by atoms with E-state index in [9.17, 15) is 13.2 Å². The van der Waals surface area contributed by atoms with Gasteiger partial charge in [0.2, 0.25) is 10.0 Å². The van der Waals surface area contributed by atoms with Crippen LogP contribution in [0.5, 0.6) is 0 Å². The molecule has 0 saturated carbocycles. The van der Waals surface area contributed by atoms with Crippen molar-refractivity contribution in [2.75, 3.05) is 19.3 Å². The second-order valence-corrected chi connectivity index (χ2v) is 8.74. The standard InChI is InChI=1S/C16H20N4O3S2/c1-25(22,23)20(9-13-4-2-6-17-8-13)14-5-3-7-19(10-14)16(21)15-11-24-12-18-15/h2,4,6,8,11-12,14H,3,5,7,9-10H2,1H3. The fourth-order valence-electron chi connectivity index (χ4n) is 3.04. The van der Waals surface area contributed by atoms with Crippen molar-refractivity contribution >= 4 is 27.3 Å². The molecular formula is C16H20N4O3S2. The maximum atomic E-state index is 12.5. The lowest BCUT2D eigenvalue weighted by molar-refractivity contribution is 0.0646. The lowest BCUT2D eigenvalue weighted by Gasteiger charge is -2.38. The molecule has 1 fully saturated rings. The molecule has 9 heteroatoms. The Morgan fingerprint density at radius 3 is 2.96 bits per heavy atom. The summed E-state index contributed by atoms with van der Waals surface area (Å²) in [6.07, 6.45) is 6.03. The minimum atomic E-state index is -3.41. The minimum Gasteiger partial charge on any atom is -0.336 e. The molecule has 7 nitrogen and oxygen atoms in total. The van der Waals surface area contributed by atoms with E-state index in [1.807, 2.05) is 6.07 Å². The summed E-state index contributed by atoms with van der Waals surface area (Å²) in [7, 11) is -3.41. The van der Waals surface area contributed by atoms with E-state index in [0.717, 1.165) is 18.4 Å². The second-order valence-electron chi connectivity index (χ2n) is 6.09. The number of pyridine rings is 1. The quantitative estimate of drug-likeness (QED) is 0.787. The average Bonchev–Trinajstić information content (AvgIpc) is 3.14. The Morgan fingerprint density at radius 2 is 2.32 bits per heavy atom. The van der Waals surface area contributed by atoms with Gasteiger partial charge in [0.05, 0.1) is 11.8 Å². The van der Waals surface area contributed by atoms with E-state index in [0.29, 0.717) is 18.8 Å². The van der Waals surface area contributed by atoms with E-state index in [1.165, 1.54) is 21.9 Å². The zero-order valence-electron chi connectivity index (χ0n) is 13.9. The molecule has 1 amide bonds. The van der Waals surface area contributed by atoms with Gasteiger partial charge in [-0.15, -0.1) is 11.3 Å². The number of likely N-dealkylation sites (tertiary alicyclic amines) is 1. The summed E-state index contributed by atoms with van der Waals surface area (Å²) in [6.45, 7) is 1.26. The molecule has 1 saturated heterocycles. The van der Waals surface area contributed by atoms with Gasteiger partial charge in [-0.3, -0.25) is 9.78 Å². The van der Waals surface area contributed by atoms with Crippen LogP contribution in [-0.4, -0.2) is 58.9 Å². The predicted octanol–water partition coefficient (Wildman–Crippen LogP) is 1.60. The van der Waals surface area contributed by atoms with Crippen molar-refractivity contribution in [1.82, 2.24) is 19.2 Å². The summed E-state index contributed by atoms with van der Waals surface area (Å²) in [5.74, 6) is -0.138. The zero-order chi connectivity index (χ0) is 17.9. The highest BCUT2D eigenvalue weighted by atomic mass is 32.2. The van der Waals surface area contributed by atoms with E-state index in [-0.39, 0.29) is 18.5 Å². The van der Waals surface area contributed by atoms with Crippen LogP contribution in [0.1, 0.15) is 28.9 Å². The van der Waals surface area contributed by atoms with E-state index in [1.54, 1.807) is 34.3 Å². The largest absolute Gasteiger partial charge is 0.336 e. The average molecular weight is 380 g/mol. The Labute approximate surface area is 151 Å². The highest BCUT2D eigenvalue weighted by molar-refractivity contribution is 7.88. The topological polar surface area (TPSA) is 83.5 Å². The van der Waals surface area contributed by atoms with Crippen LogP contribution in [0.15, 0.2) is 35.4 Å². The number of amides is 1. The Morgan fingerprint density at radius 1 is 1.48 bits per heavy atom. The number of nitrogens with zero attached hydrogens (tertiary/aromatic N) is 4. The molecular weight excluding hydrogens is 360 g/mol. The number of rotatable bonds is 5. The summed E-state index contributed by atoms with van der Waals surface area (Å²) in [5.41, 5.74) is 2.87. The van der Waals surface area contributed by atoms with E-state index >= 15 is 0 Å². The number of hydrogen-bond acceptors (Lipinski definition) is 6. The highest BCUT2D eigenvalue weighted by Gasteiger charge is 2.33. The summed E-state index contributed by atoms with van der Waals surface area (Å²) < 4.78 is 26.1. The third-order valence-electron chi connectivity index (χ3n) is 4.23. The predicted molar refractivity (Wildman–Crippen MR) is 95.7 cm³/mol. The Kier molecular flexibility index (Phi) is 5.45. The summed E-state index contributed by atoms with van der Waals surface area (Å²) in [4.78, 5) is 22.3. The van der Waals surface area contributed by atoms with Crippen molar-refractivity contribution < 1.29 is 13.2 Å². The lowest BCUT2D eigenvalue weighted by atomic mass is 10.0. The molecule has 2 aromatic heterocycles. The second kappa shape index (κ2) is 7.59. The number of aromatic nitrogens is 2. The van der Waals surface area contributed by atoms with Crippen LogP contribution in [0.4, 0.5) is 0 Å². The number of sulfonamides is 1. The van der Waals surface area contributed by atoms with Gasteiger partial charge in [-0.05, 0) is 24.5 Å². The van der Waals surface area contributed by atoms with E-state index in [4.69, 9.17) is 0 Å². The normalized spacial score (nSPS) is 18.5. The maximum absolute atomic E-state index is 12.5. The minimum absolute atomic E-state index is 0.138. The summed E-state index contributed by atoms with van der Waals surface area (Å²) in [5, 5.41) is 1.72. The number of thiazole rings is 1. The van der Waals surface area contributed by atoms with Gasteiger partial charge in [-0.2, -0.15) is 4.31 Å². The molecule has 0 aromatic carbocycles. The Balaban J connectivity index is 1.77. The van der Waals surface area contributed by atoms with E-state index < -0.39 is 10.0 Å². The third kappa shape index (κ3) is 4.42. The first kappa shape index (κ1) is 18.0. The van der Waals surface area contributed by atoms with Crippen LogP contribution < -0.4 is 0 Å². The van der Waals surface area contributed by atoms with Gasteiger partial charge < -0.3 is 4.90 Å². The fourth-order valence-corrected chi connectivity index (χ4v) is 4.67. The molecule has 25 heavy (non-hydrogen) atoms. The van der Waals surface area contributed by atoms with Gasteiger partial charge in [0.1, 0.15) is 5.69 Å². The molecule has 3 rings (SSSR count). The van der Waals surface area contributed by atoms with Gasteiger partial charge in [-0.25, -0.2) is 13.4 Å². The number of piperidine rings is 1. The molecule has 1 unspecified atom stereocenters. The van der Waals surface area contributed by atoms with Crippen LogP contribution in [0.2, 0.25) is 0 Å². The molecule has 0 radical (unpaired) electrons. The molecule has 1 aliphatic heterocycles. The Bertz CT molecular complexity index is 809. The molecule has 0 bridgehead atoms. The van der Waals surface area contributed by atoms with Gasteiger partial charge in [-0.1, -0.05) is 6.07 Å². The van der Waals surface area contributed by atoms with Crippen LogP contribution in [0.3, 0.4) is 0 Å². The summed E-state index contributed by atoms with van der Waals surface area (Å²) >= 11 is 1.37. The zero-order valence-corrected chi connectivity index (χ0v) is 15.5. The fraction of sp³-hybridized carbons (Fsp3) is 0.438. The van der Waals surface area contributed by atoms with Gasteiger partial charge >= 0.3 is 0 Å². The maximum Gasteiger partial charge on any atom is 0.273 e. The number of hydrogen-bond donors (Lipinski definition) is 0. The third-order valence-corrected chi connectivity index (χ3v) is 6.10. The first-order chi connectivity index (χ1) is 11.9. The van der Waals surface area contributed by atoms with E-state index in [2.05, 4.69) is 9.97 Å². The monoisotopic (exact) mass is 380 g/mol. The van der Waals surface area contributed by atoms with Gasteiger partial charge in [0, 0.05) is 43.4 Å². The van der Waals surface area contributed by atoms with Crippen LogP contribution in [-0.2, 0) is 16.6 Å². The highest BCUT2D eigenvalue weighted by Crippen LogP contribution is 2.22. The van der Waals surface area contributed by atoms with Crippen LogP contribution in [0.25, 0.3) is 0 Å². The number of carbonyl (C=O) groups is 1. The molecule has 1 aliphatic rings. The van der Waals surface area contributed by atoms with Crippen LogP contribution in [0, 0.1) is 0 Å². The van der Waals surface area contributed by atoms with Gasteiger partial charge in [0.25, 0.3) is 5.91 Å². The molecule has 3 heterocycles. The first-order valence-corrected chi connectivity index (χ1v) is 10.8. The van der Waals surface area contributed by atoms with Crippen molar-refractivity contribution in [3.63, 3.8) is 0 Å². The van der Waals surface area contributed by atoms with Crippen molar-refractivity contribution in [3.8, 4) is 0 Å². The molecule has 0 aliphatic carbocycles. The molecule has 134 valence electrons. The molecule has 2 aromatic rings. The van der Waals surface area contributed by atoms with Crippen molar-refractivity contribution in [2.24, 2.45) is 0 Å². The Hall–Kier alpha value is -1.84. The molecule has 0 N–H and O–H groups in total. The van der Waals surface area contributed by atoms with Crippen LogP contribution >= 0.6 is 11.3 Å². The SMILES string of the molecule is CS(=O)(=O)N(Cc1cccnc1)C1CCCN(C(=O)c2cscn2)C1. The van der Waals surface area contributed by atoms with Crippen molar-refractivity contribution in [2.45, 2.75) is 25.4 Å². The number of carbonyl (C=O) groups excluding carboxylic acids is 1. The molecule has 0 spiro atoms. The summed E-state index contributed by atoms with van der Waals surface area (Å²) in [6, 6.07) is 3.40.